The third kappa shape index (κ3) is 3.93. The maximum Gasteiger partial charge on any atom is 0.257 e. The molecule has 5 nitrogen and oxygen atoms in total. The van der Waals surface area contributed by atoms with E-state index < -0.39 is 0 Å². The molecule has 1 aromatic heterocycles. The van der Waals surface area contributed by atoms with E-state index in [9.17, 15) is 9.90 Å². The lowest BCUT2D eigenvalue weighted by Crippen LogP contribution is -2.41. The summed E-state index contributed by atoms with van der Waals surface area (Å²) in [6, 6.07) is 1.95. The smallest absolute Gasteiger partial charge is 0.257 e. The van der Waals surface area contributed by atoms with Crippen LogP contribution in [0, 0.1) is 0 Å². The maximum atomic E-state index is 12.7. The highest BCUT2D eigenvalue weighted by molar-refractivity contribution is 5.99. The summed E-state index contributed by atoms with van der Waals surface area (Å²) in [5.41, 5.74) is 1.36. The Morgan fingerprint density at radius 2 is 2.10 bits per heavy atom. The van der Waals surface area contributed by atoms with Crippen molar-refractivity contribution in [3.63, 3.8) is 0 Å². The molecule has 20 heavy (non-hydrogen) atoms. The van der Waals surface area contributed by atoms with Crippen LogP contribution in [0.2, 0.25) is 0 Å². The second-order valence-electron chi connectivity index (χ2n) is 4.64. The van der Waals surface area contributed by atoms with Gasteiger partial charge in [0.1, 0.15) is 0 Å². The standard InChI is InChI=1S/C15H25N3O2/c1-4-12(5-2)18(9-10-19)15(20)13-11-16-8-7-14(13)17-6-3/h7-8,11-12,19H,4-6,9-10H2,1-3H3,(H,16,17). The Bertz CT molecular complexity index is 419. The van der Waals surface area contributed by atoms with Crippen LogP contribution >= 0.6 is 0 Å². The van der Waals surface area contributed by atoms with E-state index >= 15 is 0 Å². The molecule has 0 saturated carbocycles. The lowest BCUT2D eigenvalue weighted by molar-refractivity contribution is 0.0623. The minimum Gasteiger partial charge on any atom is -0.395 e. The molecule has 0 aliphatic heterocycles. The highest BCUT2D eigenvalue weighted by Gasteiger charge is 2.23. The average Bonchev–Trinajstić information content (AvgIpc) is 2.48. The number of hydrogen-bond donors (Lipinski definition) is 2. The lowest BCUT2D eigenvalue weighted by Gasteiger charge is -2.30. The molecular formula is C15H25N3O2. The predicted octanol–water partition coefficient (Wildman–Crippen LogP) is 2.14. The molecule has 0 spiro atoms. The zero-order chi connectivity index (χ0) is 15.0. The number of amides is 1. The number of anilines is 1. The van der Waals surface area contributed by atoms with Crippen molar-refractivity contribution >= 4 is 11.6 Å². The van der Waals surface area contributed by atoms with Gasteiger partial charge in [-0.3, -0.25) is 9.78 Å². The van der Waals surface area contributed by atoms with Gasteiger partial charge in [-0.25, -0.2) is 0 Å². The summed E-state index contributed by atoms with van der Waals surface area (Å²) < 4.78 is 0. The van der Waals surface area contributed by atoms with Crippen molar-refractivity contribution in [2.45, 2.75) is 39.7 Å². The molecule has 0 bridgehead atoms. The van der Waals surface area contributed by atoms with Gasteiger partial charge in [0.15, 0.2) is 0 Å². The predicted molar refractivity (Wildman–Crippen MR) is 80.9 cm³/mol. The zero-order valence-electron chi connectivity index (χ0n) is 12.6. The van der Waals surface area contributed by atoms with Crippen LogP contribution in [0.5, 0.6) is 0 Å². The van der Waals surface area contributed by atoms with E-state index in [-0.39, 0.29) is 18.6 Å². The Morgan fingerprint density at radius 1 is 1.40 bits per heavy atom. The number of aliphatic hydroxyl groups excluding tert-OH is 1. The van der Waals surface area contributed by atoms with E-state index in [1.54, 1.807) is 23.4 Å². The Morgan fingerprint density at radius 3 is 2.65 bits per heavy atom. The Hall–Kier alpha value is -1.62. The summed E-state index contributed by atoms with van der Waals surface area (Å²) in [5.74, 6) is -0.0724. The number of aromatic nitrogens is 1. The highest BCUT2D eigenvalue weighted by atomic mass is 16.3. The van der Waals surface area contributed by atoms with Gasteiger partial charge >= 0.3 is 0 Å². The fraction of sp³-hybridized carbons (Fsp3) is 0.600. The fourth-order valence-electron chi connectivity index (χ4n) is 2.35. The largest absolute Gasteiger partial charge is 0.395 e. The molecule has 2 N–H and O–H groups in total. The van der Waals surface area contributed by atoms with Crippen molar-refractivity contribution in [2.24, 2.45) is 0 Å². The molecule has 0 radical (unpaired) electrons. The van der Waals surface area contributed by atoms with Crippen molar-refractivity contribution in [1.82, 2.24) is 9.88 Å². The van der Waals surface area contributed by atoms with Crippen molar-refractivity contribution in [3.8, 4) is 0 Å². The van der Waals surface area contributed by atoms with E-state index in [4.69, 9.17) is 0 Å². The SMILES string of the molecule is CCNc1ccncc1C(=O)N(CCO)C(CC)CC. The molecule has 1 heterocycles. The van der Waals surface area contributed by atoms with Crippen molar-refractivity contribution in [2.75, 3.05) is 25.0 Å². The second-order valence-corrected chi connectivity index (χ2v) is 4.64. The quantitative estimate of drug-likeness (QED) is 0.765. The number of hydrogen-bond acceptors (Lipinski definition) is 4. The van der Waals surface area contributed by atoms with Gasteiger partial charge in [0.25, 0.3) is 5.91 Å². The number of nitrogens with zero attached hydrogens (tertiary/aromatic N) is 2. The minimum absolute atomic E-state index is 0.0287. The van der Waals surface area contributed by atoms with Crippen LogP contribution in [0.25, 0.3) is 0 Å². The van der Waals surface area contributed by atoms with Gasteiger partial charge in [-0.15, -0.1) is 0 Å². The van der Waals surface area contributed by atoms with E-state index in [0.29, 0.717) is 12.1 Å². The first-order valence-corrected chi connectivity index (χ1v) is 7.29. The molecule has 0 saturated heterocycles. The number of carbonyl (C=O) groups is 1. The first-order chi connectivity index (χ1) is 9.69. The van der Waals surface area contributed by atoms with E-state index in [1.807, 2.05) is 6.92 Å². The van der Waals surface area contributed by atoms with Crippen LogP contribution in [0.4, 0.5) is 5.69 Å². The summed E-state index contributed by atoms with van der Waals surface area (Å²) in [6.07, 6.45) is 5.01. The minimum atomic E-state index is -0.0724. The number of aliphatic hydroxyl groups is 1. The van der Waals surface area contributed by atoms with E-state index in [0.717, 1.165) is 25.1 Å². The molecule has 0 fully saturated rings. The molecule has 112 valence electrons. The molecule has 0 unspecified atom stereocenters. The molecular weight excluding hydrogens is 254 g/mol. The molecule has 0 aliphatic carbocycles. The summed E-state index contributed by atoms with van der Waals surface area (Å²) >= 11 is 0. The number of carbonyl (C=O) groups excluding carboxylic acids is 1. The summed E-state index contributed by atoms with van der Waals surface area (Å²) in [7, 11) is 0. The topological polar surface area (TPSA) is 65.5 Å². The molecule has 1 rings (SSSR count). The molecule has 0 aliphatic rings. The average molecular weight is 279 g/mol. The lowest BCUT2D eigenvalue weighted by atomic mass is 10.1. The maximum absolute atomic E-state index is 12.7. The second kappa shape index (κ2) is 8.53. The molecule has 0 atom stereocenters. The van der Waals surface area contributed by atoms with Crippen LogP contribution in [0.3, 0.4) is 0 Å². The number of rotatable bonds is 8. The third-order valence-electron chi connectivity index (χ3n) is 3.40. The van der Waals surface area contributed by atoms with Gasteiger partial charge in [-0.05, 0) is 25.8 Å². The molecule has 5 heteroatoms. The highest BCUT2D eigenvalue weighted by Crippen LogP contribution is 2.19. The normalized spacial score (nSPS) is 10.7. The van der Waals surface area contributed by atoms with E-state index in [2.05, 4.69) is 24.1 Å². The molecule has 0 aromatic carbocycles. The molecule has 1 amide bonds. The summed E-state index contributed by atoms with van der Waals surface area (Å²) in [6.45, 7) is 7.17. The Balaban J connectivity index is 3.05. The monoisotopic (exact) mass is 279 g/mol. The van der Waals surface area contributed by atoms with Gasteiger partial charge in [-0.1, -0.05) is 13.8 Å². The van der Waals surface area contributed by atoms with Crippen LogP contribution in [0.15, 0.2) is 18.5 Å². The van der Waals surface area contributed by atoms with Gasteiger partial charge < -0.3 is 15.3 Å². The summed E-state index contributed by atoms with van der Waals surface area (Å²) in [4.78, 5) is 18.5. The van der Waals surface area contributed by atoms with Crippen LogP contribution in [-0.2, 0) is 0 Å². The third-order valence-corrected chi connectivity index (χ3v) is 3.40. The van der Waals surface area contributed by atoms with Gasteiger partial charge in [0.2, 0.25) is 0 Å². The van der Waals surface area contributed by atoms with Gasteiger partial charge in [0, 0.05) is 31.5 Å². The molecule has 1 aromatic rings. The van der Waals surface area contributed by atoms with Crippen LogP contribution in [0.1, 0.15) is 44.0 Å². The van der Waals surface area contributed by atoms with Gasteiger partial charge in [0.05, 0.1) is 17.9 Å². The fourth-order valence-corrected chi connectivity index (χ4v) is 2.35. The van der Waals surface area contributed by atoms with Gasteiger partial charge in [-0.2, -0.15) is 0 Å². The Kier molecular flexibility index (Phi) is 7.01. The zero-order valence-corrected chi connectivity index (χ0v) is 12.6. The van der Waals surface area contributed by atoms with Crippen LogP contribution < -0.4 is 5.32 Å². The summed E-state index contributed by atoms with van der Waals surface area (Å²) in [5, 5.41) is 12.4. The van der Waals surface area contributed by atoms with Crippen molar-refractivity contribution < 1.29 is 9.90 Å². The van der Waals surface area contributed by atoms with E-state index in [1.165, 1.54) is 0 Å². The Labute approximate surface area is 121 Å². The van der Waals surface area contributed by atoms with Crippen LogP contribution in [-0.4, -0.2) is 46.6 Å². The number of nitrogens with one attached hydrogen (secondary N) is 1. The van der Waals surface area contributed by atoms with Crippen molar-refractivity contribution in [1.29, 1.82) is 0 Å². The van der Waals surface area contributed by atoms with Crippen molar-refractivity contribution in [3.05, 3.63) is 24.0 Å². The number of pyridine rings is 1. The first-order valence-electron chi connectivity index (χ1n) is 7.29. The first kappa shape index (κ1) is 16.4.